The molecule has 2 rings (SSSR count). The molecule has 0 aromatic heterocycles. The van der Waals surface area contributed by atoms with E-state index >= 15 is 0 Å². The van der Waals surface area contributed by atoms with Gasteiger partial charge < -0.3 is 10.0 Å². The van der Waals surface area contributed by atoms with Crippen LogP contribution in [0.5, 0.6) is 0 Å². The molecular weight excluding hydrogens is 279 g/mol. The van der Waals surface area contributed by atoms with E-state index in [9.17, 15) is 13.2 Å². The Morgan fingerprint density at radius 2 is 1.86 bits per heavy atom. The van der Waals surface area contributed by atoms with E-state index in [1.165, 1.54) is 12.1 Å². The summed E-state index contributed by atoms with van der Waals surface area (Å²) >= 11 is 0. The van der Waals surface area contributed by atoms with E-state index in [0.717, 1.165) is 25.9 Å². The Labute approximate surface area is 123 Å². The number of hydrogen-bond donors (Lipinski definition) is 1. The molecule has 21 heavy (non-hydrogen) atoms. The number of rotatable bonds is 3. The molecule has 0 bridgehead atoms. The van der Waals surface area contributed by atoms with Crippen LogP contribution in [0.1, 0.15) is 37.8 Å². The molecule has 1 aromatic rings. The number of hydrogen-bond acceptors (Lipinski definition) is 2. The maximum absolute atomic E-state index is 13.0. The number of aliphatic hydroxyl groups is 1. The smallest absolute Gasteiger partial charge is 0.392 e. The van der Waals surface area contributed by atoms with Crippen LogP contribution >= 0.6 is 0 Å². The lowest BCUT2D eigenvalue weighted by Gasteiger charge is -2.35. The van der Waals surface area contributed by atoms with E-state index in [0.29, 0.717) is 17.5 Å². The van der Waals surface area contributed by atoms with Gasteiger partial charge in [-0.25, -0.2) is 0 Å². The molecule has 1 fully saturated rings. The van der Waals surface area contributed by atoms with Crippen LogP contribution in [-0.4, -0.2) is 18.2 Å². The number of benzene rings is 1. The first-order valence-corrected chi connectivity index (χ1v) is 7.39. The van der Waals surface area contributed by atoms with E-state index in [1.54, 1.807) is 6.07 Å². The molecule has 1 aromatic carbocycles. The van der Waals surface area contributed by atoms with E-state index in [1.807, 2.05) is 4.90 Å². The minimum atomic E-state index is -4.43. The first kappa shape index (κ1) is 16.1. The molecule has 1 saturated heterocycles. The zero-order chi connectivity index (χ0) is 15.6. The predicted molar refractivity (Wildman–Crippen MR) is 77.1 cm³/mol. The van der Waals surface area contributed by atoms with Crippen molar-refractivity contribution in [2.45, 2.75) is 39.5 Å². The van der Waals surface area contributed by atoms with Crippen molar-refractivity contribution in [3.63, 3.8) is 0 Å². The van der Waals surface area contributed by atoms with Crippen LogP contribution < -0.4 is 4.90 Å². The minimum absolute atomic E-state index is 0.0664. The summed E-state index contributed by atoms with van der Waals surface area (Å²) in [4.78, 5) is 2.01. The average molecular weight is 301 g/mol. The quantitative estimate of drug-likeness (QED) is 0.909. The monoisotopic (exact) mass is 301 g/mol. The largest absolute Gasteiger partial charge is 0.416 e. The number of piperidine rings is 1. The van der Waals surface area contributed by atoms with Gasteiger partial charge in [0.1, 0.15) is 0 Å². The number of alkyl halides is 3. The average Bonchev–Trinajstić information content (AvgIpc) is 2.45. The molecule has 1 heterocycles. The van der Waals surface area contributed by atoms with Crippen molar-refractivity contribution in [2.24, 2.45) is 11.8 Å². The Hall–Kier alpha value is -1.23. The van der Waals surface area contributed by atoms with Crippen LogP contribution in [0.3, 0.4) is 0 Å². The van der Waals surface area contributed by atoms with Gasteiger partial charge in [0, 0.05) is 18.8 Å². The van der Waals surface area contributed by atoms with Crippen molar-refractivity contribution in [1.82, 2.24) is 0 Å². The van der Waals surface area contributed by atoms with Crippen LogP contribution in [0.15, 0.2) is 18.2 Å². The maximum Gasteiger partial charge on any atom is 0.416 e. The Morgan fingerprint density at radius 3 is 2.33 bits per heavy atom. The summed E-state index contributed by atoms with van der Waals surface area (Å²) in [5.74, 6) is 1.27. The SMILES string of the molecule is CC(C)C1CCN(c2ccc(CO)c(C(F)(F)F)c2)CC1. The number of nitrogens with zero attached hydrogens (tertiary/aromatic N) is 1. The molecular formula is C16H22F3NO. The normalized spacial score (nSPS) is 17.6. The zero-order valence-electron chi connectivity index (χ0n) is 12.5. The summed E-state index contributed by atoms with van der Waals surface area (Å²) in [7, 11) is 0. The second-order valence-electron chi connectivity index (χ2n) is 6.07. The van der Waals surface area contributed by atoms with Gasteiger partial charge in [0.15, 0.2) is 0 Å². The molecule has 1 N–H and O–H groups in total. The van der Waals surface area contributed by atoms with Gasteiger partial charge in [-0.15, -0.1) is 0 Å². The summed E-state index contributed by atoms with van der Waals surface area (Å²) in [5, 5.41) is 9.07. The highest BCUT2D eigenvalue weighted by atomic mass is 19.4. The molecule has 1 aliphatic heterocycles. The van der Waals surface area contributed by atoms with Gasteiger partial charge in [0.2, 0.25) is 0 Å². The predicted octanol–water partition coefficient (Wildman–Crippen LogP) is 4.07. The molecule has 1 aliphatic rings. The van der Waals surface area contributed by atoms with E-state index < -0.39 is 18.3 Å². The van der Waals surface area contributed by atoms with Crippen molar-refractivity contribution in [3.05, 3.63) is 29.3 Å². The van der Waals surface area contributed by atoms with Crippen molar-refractivity contribution >= 4 is 5.69 Å². The standard InChI is InChI=1S/C16H22F3NO/c1-11(2)12-5-7-20(8-6-12)14-4-3-13(10-21)15(9-14)16(17,18)19/h3-4,9,11-12,21H,5-8,10H2,1-2H3. The fourth-order valence-corrected chi connectivity index (χ4v) is 2.99. The minimum Gasteiger partial charge on any atom is -0.392 e. The third kappa shape index (κ3) is 3.70. The summed E-state index contributed by atoms with van der Waals surface area (Å²) < 4.78 is 39.1. The Bertz CT molecular complexity index is 477. The second-order valence-corrected chi connectivity index (χ2v) is 6.07. The van der Waals surface area contributed by atoms with E-state index in [2.05, 4.69) is 13.8 Å². The summed E-state index contributed by atoms with van der Waals surface area (Å²) in [6, 6.07) is 4.23. The lowest BCUT2D eigenvalue weighted by Crippen LogP contribution is -2.35. The van der Waals surface area contributed by atoms with Gasteiger partial charge in [-0.2, -0.15) is 13.2 Å². The van der Waals surface area contributed by atoms with Gasteiger partial charge in [-0.05, 0) is 42.4 Å². The molecule has 118 valence electrons. The van der Waals surface area contributed by atoms with Gasteiger partial charge >= 0.3 is 6.18 Å². The highest BCUT2D eigenvalue weighted by Crippen LogP contribution is 2.36. The fraction of sp³-hybridized carbons (Fsp3) is 0.625. The Kier molecular flexibility index (Phi) is 4.81. The maximum atomic E-state index is 13.0. The van der Waals surface area contributed by atoms with Crippen LogP contribution in [0.4, 0.5) is 18.9 Å². The molecule has 5 heteroatoms. The number of anilines is 1. The van der Waals surface area contributed by atoms with Crippen molar-refractivity contribution < 1.29 is 18.3 Å². The molecule has 0 amide bonds. The molecule has 0 radical (unpaired) electrons. The van der Waals surface area contributed by atoms with Crippen LogP contribution in [0, 0.1) is 11.8 Å². The Morgan fingerprint density at radius 1 is 1.24 bits per heavy atom. The summed E-state index contributed by atoms with van der Waals surface area (Å²) in [6.45, 7) is 5.37. The zero-order valence-corrected chi connectivity index (χ0v) is 12.5. The molecule has 0 spiro atoms. The summed E-state index contributed by atoms with van der Waals surface area (Å²) in [5.41, 5.74) is -0.196. The molecule has 0 unspecified atom stereocenters. The fourth-order valence-electron chi connectivity index (χ4n) is 2.99. The topological polar surface area (TPSA) is 23.5 Å². The Balaban J connectivity index is 2.18. The van der Waals surface area contributed by atoms with Crippen LogP contribution in [0.25, 0.3) is 0 Å². The second kappa shape index (κ2) is 6.26. The molecule has 2 nitrogen and oxygen atoms in total. The highest BCUT2D eigenvalue weighted by Gasteiger charge is 2.34. The number of aliphatic hydroxyl groups excluding tert-OH is 1. The van der Waals surface area contributed by atoms with E-state index in [-0.39, 0.29) is 5.56 Å². The third-order valence-corrected chi connectivity index (χ3v) is 4.42. The summed E-state index contributed by atoms with van der Waals surface area (Å²) in [6.07, 6.45) is -2.40. The van der Waals surface area contributed by atoms with Gasteiger partial charge in [0.05, 0.1) is 12.2 Å². The van der Waals surface area contributed by atoms with Gasteiger partial charge in [0.25, 0.3) is 0 Å². The number of halogens is 3. The lowest BCUT2D eigenvalue weighted by molar-refractivity contribution is -0.138. The lowest BCUT2D eigenvalue weighted by atomic mass is 9.86. The van der Waals surface area contributed by atoms with E-state index in [4.69, 9.17) is 5.11 Å². The van der Waals surface area contributed by atoms with Crippen molar-refractivity contribution in [3.8, 4) is 0 Å². The van der Waals surface area contributed by atoms with Crippen molar-refractivity contribution in [2.75, 3.05) is 18.0 Å². The molecule has 0 atom stereocenters. The molecule has 0 saturated carbocycles. The van der Waals surface area contributed by atoms with Gasteiger partial charge in [-0.1, -0.05) is 19.9 Å². The van der Waals surface area contributed by atoms with Crippen molar-refractivity contribution in [1.29, 1.82) is 0 Å². The van der Waals surface area contributed by atoms with Gasteiger partial charge in [-0.3, -0.25) is 0 Å². The van der Waals surface area contributed by atoms with Crippen LogP contribution in [0.2, 0.25) is 0 Å². The third-order valence-electron chi connectivity index (χ3n) is 4.42. The van der Waals surface area contributed by atoms with Crippen LogP contribution in [-0.2, 0) is 12.8 Å². The molecule has 0 aliphatic carbocycles. The first-order valence-electron chi connectivity index (χ1n) is 7.39. The highest BCUT2D eigenvalue weighted by molar-refractivity contribution is 5.52. The first-order chi connectivity index (χ1) is 9.82.